The van der Waals surface area contributed by atoms with E-state index in [1.165, 1.54) is 0 Å². The normalized spacial score (nSPS) is 19.5. The van der Waals surface area contributed by atoms with E-state index in [4.69, 9.17) is 4.74 Å². The van der Waals surface area contributed by atoms with Gasteiger partial charge in [0.1, 0.15) is 18.2 Å². The Morgan fingerprint density at radius 1 is 1.53 bits per heavy atom. The number of piperidine rings is 1. The molecule has 1 saturated heterocycles. The molecule has 1 aliphatic heterocycles. The number of hydrogen-bond donors (Lipinski definition) is 2. The van der Waals surface area contributed by atoms with Crippen molar-refractivity contribution < 1.29 is 9.84 Å². The van der Waals surface area contributed by atoms with Crippen molar-refractivity contribution in [3.8, 4) is 0 Å². The molecule has 1 fully saturated rings. The van der Waals surface area contributed by atoms with Gasteiger partial charge in [-0.05, 0) is 18.8 Å². The standard InChI is InChI=1S/C13H22N4O2/c1-14-11-6-13(16-12(15-11)9-19-2)17-5-3-4-10(7-17)8-18/h6,10,18H,3-5,7-9H2,1-2H3,(H,14,15,16). The van der Waals surface area contributed by atoms with E-state index in [0.717, 1.165) is 37.6 Å². The zero-order chi connectivity index (χ0) is 13.7. The molecule has 0 saturated carbocycles. The molecule has 1 aromatic heterocycles. The van der Waals surface area contributed by atoms with Crippen molar-refractivity contribution in [1.29, 1.82) is 0 Å². The van der Waals surface area contributed by atoms with Gasteiger partial charge < -0.3 is 20.1 Å². The van der Waals surface area contributed by atoms with Crippen LogP contribution in [0.15, 0.2) is 6.07 Å². The number of rotatable bonds is 5. The summed E-state index contributed by atoms with van der Waals surface area (Å²) in [5, 5.41) is 12.4. The number of aliphatic hydroxyl groups excluding tert-OH is 1. The average Bonchev–Trinajstić information content (AvgIpc) is 2.47. The molecule has 2 rings (SSSR count). The number of aliphatic hydroxyl groups is 1. The molecule has 0 aliphatic carbocycles. The van der Waals surface area contributed by atoms with Gasteiger partial charge in [-0.1, -0.05) is 0 Å². The maximum absolute atomic E-state index is 9.30. The van der Waals surface area contributed by atoms with Crippen LogP contribution >= 0.6 is 0 Å². The third-order valence-corrected chi connectivity index (χ3v) is 3.39. The minimum atomic E-state index is 0.241. The number of methoxy groups -OCH3 is 1. The van der Waals surface area contributed by atoms with Crippen LogP contribution in [-0.4, -0.2) is 48.9 Å². The molecule has 0 radical (unpaired) electrons. The molecule has 19 heavy (non-hydrogen) atoms. The van der Waals surface area contributed by atoms with E-state index >= 15 is 0 Å². The smallest absolute Gasteiger partial charge is 0.158 e. The predicted octanol–water partition coefficient (Wildman–Crippen LogP) is 0.873. The Morgan fingerprint density at radius 2 is 2.37 bits per heavy atom. The first-order valence-corrected chi connectivity index (χ1v) is 6.67. The fourth-order valence-corrected chi connectivity index (χ4v) is 2.39. The summed E-state index contributed by atoms with van der Waals surface area (Å²) in [6.45, 7) is 2.47. The molecule has 1 aromatic rings. The summed E-state index contributed by atoms with van der Waals surface area (Å²) in [6.07, 6.45) is 2.17. The fourth-order valence-electron chi connectivity index (χ4n) is 2.39. The number of anilines is 2. The van der Waals surface area contributed by atoms with Crippen molar-refractivity contribution in [2.45, 2.75) is 19.4 Å². The molecular formula is C13H22N4O2. The molecule has 2 N–H and O–H groups in total. The SMILES string of the molecule is CNc1cc(N2CCCC(CO)C2)nc(COC)n1. The number of hydrogen-bond acceptors (Lipinski definition) is 6. The van der Waals surface area contributed by atoms with Crippen molar-refractivity contribution in [2.24, 2.45) is 5.92 Å². The highest BCUT2D eigenvalue weighted by Gasteiger charge is 2.21. The molecule has 1 unspecified atom stereocenters. The van der Waals surface area contributed by atoms with Gasteiger partial charge in [0, 0.05) is 39.9 Å². The molecule has 6 nitrogen and oxygen atoms in total. The molecule has 0 aromatic carbocycles. The van der Waals surface area contributed by atoms with Crippen molar-refractivity contribution in [2.75, 3.05) is 44.1 Å². The van der Waals surface area contributed by atoms with Crippen LogP contribution in [-0.2, 0) is 11.3 Å². The maximum atomic E-state index is 9.30. The van der Waals surface area contributed by atoms with Crippen molar-refractivity contribution in [3.05, 3.63) is 11.9 Å². The number of aromatic nitrogens is 2. The minimum absolute atomic E-state index is 0.241. The Hall–Kier alpha value is -1.40. The zero-order valence-corrected chi connectivity index (χ0v) is 11.6. The predicted molar refractivity (Wildman–Crippen MR) is 74.3 cm³/mol. The van der Waals surface area contributed by atoms with Gasteiger partial charge in [-0.25, -0.2) is 9.97 Å². The third kappa shape index (κ3) is 3.54. The molecule has 2 heterocycles. The van der Waals surface area contributed by atoms with Crippen molar-refractivity contribution >= 4 is 11.6 Å². The molecule has 106 valence electrons. The van der Waals surface area contributed by atoms with Crippen LogP contribution in [0.1, 0.15) is 18.7 Å². The first-order chi connectivity index (χ1) is 9.26. The first kappa shape index (κ1) is 14.0. The Morgan fingerprint density at radius 3 is 3.05 bits per heavy atom. The Balaban J connectivity index is 2.19. The number of ether oxygens (including phenoxy) is 1. The van der Waals surface area contributed by atoms with E-state index in [-0.39, 0.29) is 6.61 Å². The van der Waals surface area contributed by atoms with E-state index < -0.39 is 0 Å². The van der Waals surface area contributed by atoms with Crippen LogP contribution in [0.4, 0.5) is 11.6 Å². The van der Waals surface area contributed by atoms with Gasteiger partial charge in [0.15, 0.2) is 5.82 Å². The van der Waals surface area contributed by atoms with Gasteiger partial charge in [-0.3, -0.25) is 0 Å². The maximum Gasteiger partial charge on any atom is 0.158 e. The van der Waals surface area contributed by atoms with Gasteiger partial charge in [0.2, 0.25) is 0 Å². The molecule has 1 aliphatic rings. The second-order valence-electron chi connectivity index (χ2n) is 4.85. The van der Waals surface area contributed by atoms with Crippen LogP contribution in [0.25, 0.3) is 0 Å². The number of nitrogens with one attached hydrogen (secondary N) is 1. The van der Waals surface area contributed by atoms with Crippen LogP contribution < -0.4 is 10.2 Å². The van der Waals surface area contributed by atoms with Gasteiger partial charge in [0.25, 0.3) is 0 Å². The molecular weight excluding hydrogens is 244 g/mol. The second kappa shape index (κ2) is 6.68. The van der Waals surface area contributed by atoms with Crippen molar-refractivity contribution in [1.82, 2.24) is 9.97 Å². The summed E-state index contributed by atoms with van der Waals surface area (Å²) in [5.74, 6) is 2.72. The lowest BCUT2D eigenvalue weighted by Crippen LogP contribution is -2.37. The lowest BCUT2D eigenvalue weighted by Gasteiger charge is -2.33. The monoisotopic (exact) mass is 266 g/mol. The lowest BCUT2D eigenvalue weighted by atomic mass is 9.99. The Bertz CT molecular complexity index is 414. The highest BCUT2D eigenvalue weighted by atomic mass is 16.5. The minimum Gasteiger partial charge on any atom is -0.396 e. The zero-order valence-electron chi connectivity index (χ0n) is 11.6. The van der Waals surface area contributed by atoms with E-state index in [0.29, 0.717) is 18.3 Å². The van der Waals surface area contributed by atoms with Crippen LogP contribution in [0, 0.1) is 5.92 Å². The molecule has 0 amide bonds. The van der Waals surface area contributed by atoms with E-state index in [1.807, 2.05) is 13.1 Å². The van der Waals surface area contributed by atoms with Gasteiger partial charge in [0.05, 0.1) is 0 Å². The van der Waals surface area contributed by atoms with E-state index in [1.54, 1.807) is 7.11 Å². The lowest BCUT2D eigenvalue weighted by molar-refractivity contribution is 0.177. The fraction of sp³-hybridized carbons (Fsp3) is 0.692. The highest BCUT2D eigenvalue weighted by Crippen LogP contribution is 2.23. The Labute approximate surface area is 113 Å². The molecule has 0 spiro atoms. The summed E-state index contributed by atoms with van der Waals surface area (Å²) in [5.41, 5.74) is 0. The topological polar surface area (TPSA) is 70.5 Å². The molecule has 0 bridgehead atoms. The third-order valence-electron chi connectivity index (χ3n) is 3.39. The summed E-state index contributed by atoms with van der Waals surface area (Å²) < 4.78 is 5.10. The molecule has 1 atom stereocenters. The summed E-state index contributed by atoms with van der Waals surface area (Å²) in [7, 11) is 3.48. The number of nitrogens with zero attached hydrogens (tertiary/aromatic N) is 3. The van der Waals surface area contributed by atoms with Gasteiger partial charge >= 0.3 is 0 Å². The van der Waals surface area contributed by atoms with Crippen molar-refractivity contribution in [3.63, 3.8) is 0 Å². The van der Waals surface area contributed by atoms with Gasteiger partial charge in [-0.2, -0.15) is 0 Å². The van der Waals surface area contributed by atoms with Crippen LogP contribution in [0.5, 0.6) is 0 Å². The Kier molecular flexibility index (Phi) is 4.93. The van der Waals surface area contributed by atoms with E-state index in [9.17, 15) is 5.11 Å². The summed E-state index contributed by atoms with van der Waals surface area (Å²) in [6, 6.07) is 1.94. The average molecular weight is 266 g/mol. The summed E-state index contributed by atoms with van der Waals surface area (Å²) >= 11 is 0. The van der Waals surface area contributed by atoms with E-state index in [2.05, 4.69) is 20.2 Å². The largest absolute Gasteiger partial charge is 0.396 e. The van der Waals surface area contributed by atoms with Crippen LogP contribution in [0.2, 0.25) is 0 Å². The van der Waals surface area contributed by atoms with Crippen LogP contribution in [0.3, 0.4) is 0 Å². The first-order valence-electron chi connectivity index (χ1n) is 6.67. The quantitative estimate of drug-likeness (QED) is 0.824. The summed E-state index contributed by atoms with van der Waals surface area (Å²) in [4.78, 5) is 11.1. The second-order valence-corrected chi connectivity index (χ2v) is 4.85. The molecule has 6 heteroatoms. The highest BCUT2D eigenvalue weighted by molar-refractivity contribution is 5.49. The van der Waals surface area contributed by atoms with Gasteiger partial charge in [-0.15, -0.1) is 0 Å².